The van der Waals surface area contributed by atoms with Gasteiger partial charge in [-0.25, -0.2) is 9.50 Å². The van der Waals surface area contributed by atoms with E-state index in [-0.39, 0.29) is 5.91 Å². The van der Waals surface area contributed by atoms with Crippen LogP contribution in [0.5, 0.6) is 0 Å². The number of amides is 1. The Morgan fingerprint density at radius 1 is 1.45 bits per heavy atom. The van der Waals surface area contributed by atoms with Crippen molar-refractivity contribution in [1.29, 1.82) is 0 Å². The third kappa shape index (κ3) is 2.55. The number of carbonyl (C=O) groups is 1. The average Bonchev–Trinajstić information content (AvgIpc) is 3.01. The molecule has 3 heterocycles. The van der Waals surface area contributed by atoms with E-state index in [4.69, 9.17) is 0 Å². The highest BCUT2D eigenvalue weighted by atomic mass is 79.9. The van der Waals surface area contributed by atoms with Crippen LogP contribution in [0.2, 0.25) is 0 Å². The maximum atomic E-state index is 12.0. The molecule has 0 saturated carbocycles. The molecular weight excluding hydrogens is 324 g/mol. The summed E-state index contributed by atoms with van der Waals surface area (Å²) in [6.07, 6.45) is 5.23. The van der Waals surface area contributed by atoms with Crippen molar-refractivity contribution in [2.75, 3.05) is 0 Å². The molecule has 0 aromatic carbocycles. The molecule has 0 atom stereocenters. The van der Waals surface area contributed by atoms with Crippen molar-refractivity contribution >= 4 is 27.5 Å². The molecule has 3 aromatic rings. The van der Waals surface area contributed by atoms with E-state index in [2.05, 4.69) is 36.4 Å². The summed E-state index contributed by atoms with van der Waals surface area (Å²) in [5.41, 5.74) is 1.74. The number of hydrogen-bond donors (Lipinski definition) is 1. The topological polar surface area (TPSA) is 77.1 Å². The van der Waals surface area contributed by atoms with E-state index >= 15 is 0 Å². The first kappa shape index (κ1) is 12.8. The van der Waals surface area contributed by atoms with Crippen LogP contribution < -0.4 is 5.32 Å². The van der Waals surface area contributed by atoms with E-state index in [0.29, 0.717) is 17.9 Å². The summed E-state index contributed by atoms with van der Waals surface area (Å²) in [4.78, 5) is 16.2. The summed E-state index contributed by atoms with van der Waals surface area (Å²) in [6.45, 7) is 0.366. The molecule has 0 radical (unpaired) electrons. The van der Waals surface area contributed by atoms with Gasteiger partial charge in [-0.2, -0.15) is 10.2 Å². The van der Waals surface area contributed by atoms with Crippen LogP contribution in [0.3, 0.4) is 0 Å². The van der Waals surface area contributed by atoms with Crippen LogP contribution in [-0.2, 0) is 13.6 Å². The minimum Gasteiger partial charge on any atom is -0.345 e. The Kier molecular flexibility index (Phi) is 3.23. The van der Waals surface area contributed by atoms with Crippen molar-refractivity contribution in [3.63, 3.8) is 0 Å². The Bertz CT molecular complexity index is 777. The van der Waals surface area contributed by atoms with Crippen molar-refractivity contribution in [2.45, 2.75) is 6.54 Å². The van der Waals surface area contributed by atoms with Crippen molar-refractivity contribution in [2.24, 2.45) is 7.05 Å². The van der Waals surface area contributed by atoms with E-state index in [0.717, 1.165) is 10.2 Å². The molecular formula is C12H11BrN6O. The smallest absolute Gasteiger partial charge is 0.272 e. The Hall–Kier alpha value is -2.22. The van der Waals surface area contributed by atoms with Crippen LogP contribution in [0.25, 0.3) is 5.65 Å². The van der Waals surface area contributed by atoms with Crippen LogP contribution >= 0.6 is 15.9 Å². The van der Waals surface area contributed by atoms with Gasteiger partial charge in [0.25, 0.3) is 5.91 Å². The lowest BCUT2D eigenvalue weighted by atomic mass is 10.3. The van der Waals surface area contributed by atoms with Crippen molar-refractivity contribution in [3.05, 3.63) is 46.6 Å². The molecule has 0 unspecified atom stereocenters. The zero-order valence-electron chi connectivity index (χ0n) is 10.6. The number of fused-ring (bicyclic) bond motifs is 1. The fraction of sp³-hybridized carbons (Fsp3) is 0.167. The molecule has 3 rings (SSSR count). The van der Waals surface area contributed by atoms with E-state index in [1.807, 2.05) is 19.3 Å². The number of rotatable bonds is 3. The van der Waals surface area contributed by atoms with Gasteiger partial charge in [-0.05, 0) is 22.0 Å². The Morgan fingerprint density at radius 3 is 3.05 bits per heavy atom. The van der Waals surface area contributed by atoms with Gasteiger partial charge in [0.2, 0.25) is 0 Å². The first-order valence-corrected chi connectivity index (χ1v) is 6.69. The Balaban J connectivity index is 1.75. The summed E-state index contributed by atoms with van der Waals surface area (Å²) in [5.74, 6) is -0.253. The second kappa shape index (κ2) is 5.04. The zero-order chi connectivity index (χ0) is 14.1. The van der Waals surface area contributed by atoms with Crippen LogP contribution in [0.1, 0.15) is 16.2 Å². The average molecular weight is 335 g/mol. The van der Waals surface area contributed by atoms with Gasteiger partial charge in [-0.15, -0.1) is 0 Å². The van der Waals surface area contributed by atoms with Gasteiger partial charge >= 0.3 is 0 Å². The first-order chi connectivity index (χ1) is 9.61. The number of carbonyl (C=O) groups excluding carboxylic acids is 1. The fourth-order valence-corrected chi connectivity index (χ4v) is 2.08. The molecule has 3 aromatic heterocycles. The number of hydrogen-bond acceptors (Lipinski definition) is 4. The zero-order valence-corrected chi connectivity index (χ0v) is 12.2. The molecule has 0 aliphatic rings. The molecule has 0 fully saturated rings. The minimum absolute atomic E-state index is 0.253. The third-order valence-electron chi connectivity index (χ3n) is 2.71. The minimum atomic E-state index is -0.253. The highest BCUT2D eigenvalue weighted by molar-refractivity contribution is 9.10. The highest BCUT2D eigenvalue weighted by Crippen LogP contribution is 2.10. The summed E-state index contributed by atoms with van der Waals surface area (Å²) in [6, 6.07) is 3.49. The second-order valence-corrected chi connectivity index (χ2v) is 5.18. The molecule has 8 heteroatoms. The van der Waals surface area contributed by atoms with Crippen molar-refractivity contribution < 1.29 is 4.79 Å². The van der Waals surface area contributed by atoms with Crippen molar-refractivity contribution in [3.8, 4) is 0 Å². The number of aryl methyl sites for hydroxylation is 1. The number of nitrogens with one attached hydrogen (secondary N) is 1. The standard InChI is InChI=1S/C12H11BrN6O/c1-18-3-2-9(16-18)6-15-12(20)10-4-11-14-5-8(13)7-19(11)17-10/h2-5,7H,6H2,1H3,(H,15,20). The van der Waals surface area contributed by atoms with Gasteiger partial charge in [0.15, 0.2) is 11.3 Å². The molecule has 1 N–H and O–H groups in total. The predicted molar refractivity (Wildman–Crippen MR) is 75.1 cm³/mol. The normalized spacial score (nSPS) is 10.9. The van der Waals surface area contributed by atoms with Gasteiger partial charge in [0.05, 0.1) is 16.7 Å². The second-order valence-electron chi connectivity index (χ2n) is 4.27. The summed E-state index contributed by atoms with van der Waals surface area (Å²) < 4.78 is 4.04. The Morgan fingerprint density at radius 2 is 2.30 bits per heavy atom. The SMILES string of the molecule is Cn1ccc(CNC(=O)c2cc3ncc(Br)cn3n2)n1. The van der Waals surface area contributed by atoms with Crippen LogP contribution in [0.15, 0.2) is 35.2 Å². The Labute approximate surface area is 122 Å². The van der Waals surface area contributed by atoms with E-state index in [9.17, 15) is 4.79 Å². The van der Waals surface area contributed by atoms with E-state index < -0.39 is 0 Å². The molecule has 7 nitrogen and oxygen atoms in total. The number of halogens is 1. The van der Waals surface area contributed by atoms with Crippen molar-refractivity contribution in [1.82, 2.24) is 29.7 Å². The quantitative estimate of drug-likeness (QED) is 0.779. The van der Waals surface area contributed by atoms with Gasteiger partial charge in [-0.3, -0.25) is 9.48 Å². The monoisotopic (exact) mass is 334 g/mol. The summed E-state index contributed by atoms with van der Waals surface area (Å²) in [5, 5.41) is 11.1. The molecule has 0 aliphatic heterocycles. The van der Waals surface area contributed by atoms with E-state index in [1.165, 1.54) is 0 Å². The lowest BCUT2D eigenvalue weighted by Gasteiger charge is -1.99. The molecule has 0 bridgehead atoms. The lowest BCUT2D eigenvalue weighted by molar-refractivity contribution is 0.0945. The van der Waals surface area contributed by atoms with Crippen LogP contribution in [0, 0.1) is 0 Å². The lowest BCUT2D eigenvalue weighted by Crippen LogP contribution is -2.23. The number of nitrogens with zero attached hydrogens (tertiary/aromatic N) is 5. The highest BCUT2D eigenvalue weighted by Gasteiger charge is 2.11. The van der Waals surface area contributed by atoms with Gasteiger partial charge in [0.1, 0.15) is 0 Å². The molecule has 0 aliphatic carbocycles. The van der Waals surface area contributed by atoms with Gasteiger partial charge in [-0.1, -0.05) is 0 Å². The molecule has 1 amide bonds. The first-order valence-electron chi connectivity index (χ1n) is 5.89. The molecule has 0 spiro atoms. The van der Waals surface area contributed by atoms with Crippen LogP contribution in [-0.4, -0.2) is 30.3 Å². The molecule has 102 valence electrons. The van der Waals surface area contributed by atoms with Gasteiger partial charge < -0.3 is 5.32 Å². The fourth-order valence-electron chi connectivity index (χ4n) is 1.78. The largest absolute Gasteiger partial charge is 0.345 e. The molecule has 20 heavy (non-hydrogen) atoms. The summed E-state index contributed by atoms with van der Waals surface area (Å²) in [7, 11) is 1.83. The van der Waals surface area contributed by atoms with E-state index in [1.54, 1.807) is 27.7 Å². The third-order valence-corrected chi connectivity index (χ3v) is 3.12. The van der Waals surface area contributed by atoms with Gasteiger partial charge in [0, 0.05) is 31.7 Å². The molecule has 0 saturated heterocycles. The predicted octanol–water partition coefficient (Wildman–Crippen LogP) is 1.16. The maximum absolute atomic E-state index is 12.0. The van der Waals surface area contributed by atoms with Crippen LogP contribution in [0.4, 0.5) is 0 Å². The summed E-state index contributed by atoms with van der Waals surface area (Å²) >= 11 is 3.31. The number of aromatic nitrogens is 5. The maximum Gasteiger partial charge on any atom is 0.272 e.